The van der Waals surface area contributed by atoms with Gasteiger partial charge in [0.05, 0.1) is 40.5 Å². The van der Waals surface area contributed by atoms with E-state index in [0.29, 0.717) is 67.7 Å². The van der Waals surface area contributed by atoms with Crippen LogP contribution in [0.25, 0.3) is 6.08 Å². The van der Waals surface area contributed by atoms with E-state index in [4.69, 9.17) is 23.7 Å². The van der Waals surface area contributed by atoms with Gasteiger partial charge in [0.25, 0.3) is 0 Å². The Kier molecular flexibility index (Phi) is 13.1. The molecule has 0 bridgehead atoms. The molecule has 4 N–H and O–H groups in total. The van der Waals surface area contributed by atoms with Crippen molar-refractivity contribution in [3.05, 3.63) is 70.3 Å². The zero-order valence-corrected chi connectivity index (χ0v) is 31.3. The van der Waals surface area contributed by atoms with Crippen LogP contribution in [0.1, 0.15) is 103 Å². The van der Waals surface area contributed by atoms with E-state index in [1.165, 1.54) is 27.4 Å². The monoisotopic (exact) mass is 744 g/mol. The van der Waals surface area contributed by atoms with Gasteiger partial charge < -0.3 is 44.5 Å². The van der Waals surface area contributed by atoms with Crippen LogP contribution in [0.4, 0.5) is 5.69 Å². The van der Waals surface area contributed by atoms with Crippen LogP contribution in [0.5, 0.6) is 34.5 Å². The van der Waals surface area contributed by atoms with E-state index < -0.39 is 35.6 Å². The molecule has 0 aromatic heterocycles. The second-order valence-electron chi connectivity index (χ2n) is 13.4. The van der Waals surface area contributed by atoms with Gasteiger partial charge >= 0.3 is 5.97 Å². The highest BCUT2D eigenvalue weighted by Crippen LogP contribution is 2.48. The predicted molar refractivity (Wildman–Crippen MR) is 201 cm³/mol. The van der Waals surface area contributed by atoms with Gasteiger partial charge in [0.15, 0.2) is 11.5 Å². The first-order valence-electron chi connectivity index (χ1n) is 18.0. The summed E-state index contributed by atoms with van der Waals surface area (Å²) in [6.45, 7) is 1.85. The standard InChI is InChI=1S/C41H48N2O11/c1-23-10-9-13-26(44)12-8-6-7-11-24-18-32(45)37(38(47)36(24)41(49)54-23)29(25-19-33(51-3)39(53-5)34(20-25)52-4)22-35(46)42-17-16-28-30-21-27(50-2)14-15-31(30)43-40(28)48/h7,11,14-15,18-21,23,28-29,45,47H,6,8-10,12-13,16-17,22H2,1-5H3,(H,42,46)(H,43,48)/t23-,28?,29?/m0/s1. The van der Waals surface area contributed by atoms with Crippen LogP contribution in [-0.4, -0.2) is 74.9 Å². The lowest BCUT2D eigenvalue weighted by atomic mass is 9.84. The van der Waals surface area contributed by atoms with Crippen LogP contribution < -0.4 is 29.6 Å². The Balaban J connectivity index is 1.52. The van der Waals surface area contributed by atoms with Crippen molar-refractivity contribution in [3.8, 4) is 34.5 Å². The van der Waals surface area contributed by atoms with Crippen LogP contribution in [-0.2, 0) is 19.1 Å². The van der Waals surface area contributed by atoms with E-state index in [9.17, 15) is 29.4 Å². The number of esters is 1. The van der Waals surface area contributed by atoms with E-state index in [1.54, 1.807) is 56.5 Å². The van der Waals surface area contributed by atoms with Crippen molar-refractivity contribution >= 4 is 35.3 Å². The fourth-order valence-electron chi connectivity index (χ4n) is 7.04. The van der Waals surface area contributed by atoms with Gasteiger partial charge in [-0.2, -0.15) is 0 Å². The van der Waals surface area contributed by atoms with Gasteiger partial charge in [0.2, 0.25) is 17.6 Å². The maximum atomic E-state index is 13.8. The van der Waals surface area contributed by atoms with Crippen molar-refractivity contribution in [1.82, 2.24) is 5.32 Å². The summed E-state index contributed by atoms with van der Waals surface area (Å²) in [6.07, 6.45) is 5.79. The summed E-state index contributed by atoms with van der Waals surface area (Å²) >= 11 is 0. The summed E-state index contributed by atoms with van der Waals surface area (Å²) in [7, 11) is 5.88. The van der Waals surface area contributed by atoms with Crippen LogP contribution in [0.2, 0.25) is 0 Å². The minimum atomic E-state index is -1.04. The molecule has 0 saturated heterocycles. The number of hydrogen-bond donors (Lipinski definition) is 4. The van der Waals surface area contributed by atoms with Gasteiger partial charge in [-0.05, 0) is 92.1 Å². The van der Waals surface area contributed by atoms with Gasteiger partial charge in [-0.3, -0.25) is 14.4 Å². The minimum Gasteiger partial charge on any atom is -0.507 e. The summed E-state index contributed by atoms with van der Waals surface area (Å²) in [5.74, 6) is -2.35. The molecular weight excluding hydrogens is 696 g/mol. The number of phenols is 2. The SMILES string of the molecule is COc1ccc2c(c1)C(CCNC(=O)CC(c1cc(OC)c(OC)c(OC)c1)c1c(O)cc3c(c1O)C(=O)O[C@@H](C)CCCC(=O)CCCC=C3)C(=O)N2. The zero-order chi connectivity index (χ0) is 38.9. The highest BCUT2D eigenvalue weighted by molar-refractivity contribution is 6.03. The molecule has 2 unspecified atom stereocenters. The highest BCUT2D eigenvalue weighted by Gasteiger charge is 2.33. The summed E-state index contributed by atoms with van der Waals surface area (Å²) in [6, 6.07) is 9.91. The molecule has 2 aliphatic heterocycles. The number of rotatable bonds is 11. The average Bonchev–Trinajstić information content (AvgIpc) is 3.46. The van der Waals surface area contributed by atoms with Gasteiger partial charge in [-0.25, -0.2) is 4.79 Å². The molecule has 0 aliphatic carbocycles. The molecule has 0 radical (unpaired) electrons. The highest BCUT2D eigenvalue weighted by atomic mass is 16.5. The summed E-state index contributed by atoms with van der Waals surface area (Å²) < 4.78 is 27.8. The molecule has 3 aromatic carbocycles. The van der Waals surface area contributed by atoms with Crippen molar-refractivity contribution < 1.29 is 53.1 Å². The van der Waals surface area contributed by atoms with Crippen LogP contribution in [0.15, 0.2) is 42.5 Å². The molecule has 0 fully saturated rings. The summed E-state index contributed by atoms with van der Waals surface area (Å²) in [4.78, 5) is 52.6. The van der Waals surface area contributed by atoms with Crippen molar-refractivity contribution in [2.45, 2.75) is 76.2 Å². The number of carbonyl (C=O) groups is 4. The smallest absolute Gasteiger partial charge is 0.342 e. The molecule has 5 rings (SSSR count). The number of aromatic hydroxyl groups is 2. The Hall–Kier alpha value is -5.72. The number of allylic oxidation sites excluding steroid dienone is 1. The predicted octanol–water partition coefficient (Wildman–Crippen LogP) is 6.38. The number of anilines is 1. The molecule has 0 saturated carbocycles. The van der Waals surface area contributed by atoms with Crippen molar-refractivity contribution in [2.75, 3.05) is 40.3 Å². The second-order valence-corrected chi connectivity index (χ2v) is 13.4. The molecule has 0 spiro atoms. The number of benzene rings is 3. The number of amides is 2. The molecule has 13 heteroatoms. The van der Waals surface area contributed by atoms with E-state index in [2.05, 4.69) is 10.6 Å². The van der Waals surface area contributed by atoms with E-state index in [1.807, 2.05) is 0 Å². The summed E-state index contributed by atoms with van der Waals surface area (Å²) in [5, 5.41) is 29.3. The number of nitrogens with one attached hydrogen (secondary N) is 2. The lowest BCUT2D eigenvalue weighted by Crippen LogP contribution is -2.28. The fourth-order valence-corrected chi connectivity index (χ4v) is 7.04. The number of methoxy groups -OCH3 is 4. The van der Waals surface area contributed by atoms with Gasteiger partial charge in [-0.1, -0.05) is 12.2 Å². The normalized spacial score (nSPS) is 18.0. The first-order valence-corrected chi connectivity index (χ1v) is 18.0. The topological polar surface area (TPSA) is 179 Å². The number of phenolic OH excluding ortho intramolecular Hbond substituents is 2. The number of fused-ring (bicyclic) bond motifs is 2. The lowest BCUT2D eigenvalue weighted by molar-refractivity contribution is -0.122. The largest absolute Gasteiger partial charge is 0.507 e. The molecule has 13 nitrogen and oxygen atoms in total. The molecule has 288 valence electrons. The first-order chi connectivity index (χ1) is 26.0. The number of carbonyl (C=O) groups excluding carboxylic acids is 4. The van der Waals surface area contributed by atoms with Crippen LogP contribution in [0.3, 0.4) is 0 Å². The molecule has 3 atom stereocenters. The maximum absolute atomic E-state index is 13.8. The number of hydrogen-bond acceptors (Lipinski definition) is 11. The Labute approximate surface area is 314 Å². The molecule has 2 amide bonds. The third-order valence-corrected chi connectivity index (χ3v) is 9.84. The zero-order valence-electron chi connectivity index (χ0n) is 31.3. The fraction of sp³-hybridized carbons (Fsp3) is 0.415. The third kappa shape index (κ3) is 8.90. The van der Waals surface area contributed by atoms with Crippen molar-refractivity contribution in [1.29, 1.82) is 0 Å². The number of Topliss-reactive ketones (excluding diaryl/α,β-unsaturated/α-hetero) is 1. The van der Waals surface area contributed by atoms with Gasteiger partial charge in [-0.15, -0.1) is 0 Å². The Morgan fingerprint density at radius 1 is 0.963 bits per heavy atom. The minimum absolute atomic E-state index is 0.0842. The maximum Gasteiger partial charge on any atom is 0.342 e. The van der Waals surface area contributed by atoms with Crippen LogP contribution in [0, 0.1) is 0 Å². The third-order valence-electron chi connectivity index (χ3n) is 9.84. The van der Waals surface area contributed by atoms with E-state index >= 15 is 0 Å². The average molecular weight is 745 g/mol. The number of ketones is 1. The molecule has 2 heterocycles. The van der Waals surface area contributed by atoms with Gasteiger partial charge in [0.1, 0.15) is 28.6 Å². The van der Waals surface area contributed by atoms with Crippen LogP contribution >= 0.6 is 0 Å². The molecule has 54 heavy (non-hydrogen) atoms. The van der Waals surface area contributed by atoms with Crippen molar-refractivity contribution in [2.24, 2.45) is 0 Å². The second kappa shape index (κ2) is 17.9. The Bertz CT molecular complexity index is 1900. The number of ether oxygens (including phenoxy) is 5. The first kappa shape index (κ1) is 39.5. The van der Waals surface area contributed by atoms with E-state index in [-0.39, 0.29) is 58.6 Å². The quantitative estimate of drug-likeness (QED) is 0.160. The van der Waals surface area contributed by atoms with E-state index in [0.717, 1.165) is 5.56 Å². The molecule has 3 aromatic rings. The Morgan fingerprint density at radius 3 is 2.37 bits per heavy atom. The Morgan fingerprint density at radius 2 is 1.69 bits per heavy atom. The number of cyclic esters (lactones) is 1. The summed E-state index contributed by atoms with van der Waals surface area (Å²) in [5.41, 5.74) is 1.83. The molecular formula is C41H48N2O11. The van der Waals surface area contributed by atoms with Crippen molar-refractivity contribution in [3.63, 3.8) is 0 Å². The molecule has 2 aliphatic rings. The van der Waals surface area contributed by atoms with Gasteiger partial charge in [0, 0.05) is 43.0 Å². The lowest BCUT2D eigenvalue weighted by Gasteiger charge is -2.24.